The van der Waals surface area contributed by atoms with Gasteiger partial charge in [0.2, 0.25) is 0 Å². The number of hydrogen-bond acceptors (Lipinski definition) is 2. The van der Waals surface area contributed by atoms with Gasteiger partial charge in [-0.3, -0.25) is 0 Å². The monoisotopic (exact) mass is 253 g/mol. The second-order valence-electron chi connectivity index (χ2n) is 4.83. The van der Waals surface area contributed by atoms with Crippen LogP contribution in [-0.4, -0.2) is 13.2 Å². The van der Waals surface area contributed by atoms with Crippen LogP contribution in [-0.2, 0) is 0 Å². The summed E-state index contributed by atoms with van der Waals surface area (Å²) in [4.78, 5) is 0. The molecule has 0 saturated heterocycles. The zero-order chi connectivity index (χ0) is 12.3. The molecule has 0 spiro atoms. The molecule has 0 aromatic heterocycles. The Labute approximate surface area is 108 Å². The van der Waals surface area contributed by atoms with Crippen molar-refractivity contribution in [2.45, 2.75) is 38.6 Å². The number of ether oxygens (including phenoxy) is 1. The van der Waals surface area contributed by atoms with Crippen molar-refractivity contribution in [2.75, 3.05) is 12.4 Å². The molecular formula is C14H20ClNO. The topological polar surface area (TPSA) is 21.3 Å². The third-order valence-electron chi connectivity index (χ3n) is 3.65. The molecule has 3 heteroatoms. The fourth-order valence-electron chi connectivity index (χ4n) is 2.59. The molecule has 0 radical (unpaired) electrons. The lowest BCUT2D eigenvalue weighted by molar-refractivity contribution is 0.415. The van der Waals surface area contributed by atoms with Crippen LogP contribution >= 0.6 is 11.6 Å². The van der Waals surface area contributed by atoms with Gasteiger partial charge in [0.15, 0.2) is 0 Å². The van der Waals surface area contributed by atoms with E-state index in [0.29, 0.717) is 11.1 Å². The Bertz CT molecular complexity index is 374. The quantitative estimate of drug-likeness (QED) is 0.862. The van der Waals surface area contributed by atoms with Crippen molar-refractivity contribution in [1.29, 1.82) is 0 Å². The lowest BCUT2D eigenvalue weighted by Crippen LogP contribution is -2.23. The van der Waals surface area contributed by atoms with Gasteiger partial charge in [-0.25, -0.2) is 0 Å². The highest BCUT2D eigenvalue weighted by Crippen LogP contribution is 2.31. The molecule has 1 atom stereocenters. The van der Waals surface area contributed by atoms with Gasteiger partial charge in [0.1, 0.15) is 5.75 Å². The summed E-state index contributed by atoms with van der Waals surface area (Å²) in [6.45, 7) is 2.26. The van der Waals surface area contributed by atoms with E-state index in [1.165, 1.54) is 25.7 Å². The molecule has 0 bridgehead atoms. The molecule has 0 heterocycles. The Balaban J connectivity index is 2.02. The first-order valence-corrected chi connectivity index (χ1v) is 6.68. The lowest BCUT2D eigenvalue weighted by Gasteiger charge is -2.22. The number of hydrogen-bond donors (Lipinski definition) is 1. The maximum Gasteiger partial charge on any atom is 0.139 e. The summed E-state index contributed by atoms with van der Waals surface area (Å²) in [6.07, 6.45) is 5.44. The van der Waals surface area contributed by atoms with Gasteiger partial charge >= 0.3 is 0 Å². The molecule has 0 amide bonds. The summed E-state index contributed by atoms with van der Waals surface area (Å²) in [5.74, 6) is 1.53. The average Bonchev–Trinajstić information content (AvgIpc) is 2.85. The van der Waals surface area contributed by atoms with Crippen LogP contribution in [0.15, 0.2) is 18.2 Å². The predicted octanol–water partition coefficient (Wildman–Crippen LogP) is 4.34. The van der Waals surface area contributed by atoms with Crippen molar-refractivity contribution in [2.24, 2.45) is 5.92 Å². The standard InChI is InChI=1S/C14H20ClNO/c1-10(11-5-3-4-6-11)16-12-7-8-13(15)14(9-12)17-2/h7-11,16H,3-6H2,1-2H3. The number of nitrogens with one attached hydrogen (secondary N) is 1. The first-order chi connectivity index (χ1) is 8.20. The van der Waals surface area contributed by atoms with Crippen LogP contribution in [0, 0.1) is 5.92 Å². The fourth-order valence-corrected chi connectivity index (χ4v) is 2.78. The van der Waals surface area contributed by atoms with E-state index < -0.39 is 0 Å². The van der Waals surface area contributed by atoms with Crippen molar-refractivity contribution in [1.82, 2.24) is 0 Å². The Morgan fingerprint density at radius 3 is 2.71 bits per heavy atom. The van der Waals surface area contributed by atoms with E-state index in [-0.39, 0.29) is 0 Å². The van der Waals surface area contributed by atoms with E-state index in [1.54, 1.807) is 7.11 Å². The SMILES string of the molecule is COc1cc(NC(C)C2CCCC2)ccc1Cl. The van der Waals surface area contributed by atoms with Crippen LogP contribution in [0.5, 0.6) is 5.75 Å². The third-order valence-corrected chi connectivity index (χ3v) is 3.96. The summed E-state index contributed by atoms with van der Waals surface area (Å²) >= 11 is 6.01. The highest BCUT2D eigenvalue weighted by atomic mass is 35.5. The molecule has 0 aliphatic heterocycles. The largest absolute Gasteiger partial charge is 0.495 e. The number of methoxy groups -OCH3 is 1. The number of halogens is 1. The number of anilines is 1. The molecule has 1 aliphatic carbocycles. The van der Waals surface area contributed by atoms with E-state index in [1.807, 2.05) is 18.2 Å². The van der Waals surface area contributed by atoms with Crippen LogP contribution < -0.4 is 10.1 Å². The van der Waals surface area contributed by atoms with Crippen LogP contribution in [0.25, 0.3) is 0 Å². The van der Waals surface area contributed by atoms with Gasteiger partial charge < -0.3 is 10.1 Å². The van der Waals surface area contributed by atoms with Crippen molar-refractivity contribution in [3.63, 3.8) is 0 Å². The summed E-state index contributed by atoms with van der Waals surface area (Å²) in [5.41, 5.74) is 1.09. The Morgan fingerprint density at radius 2 is 2.06 bits per heavy atom. The first-order valence-electron chi connectivity index (χ1n) is 6.31. The molecule has 2 nitrogen and oxygen atoms in total. The molecule has 2 rings (SSSR count). The Hall–Kier alpha value is -0.890. The fraction of sp³-hybridized carbons (Fsp3) is 0.571. The molecule has 1 aromatic rings. The Kier molecular flexibility index (Phi) is 4.16. The first kappa shape index (κ1) is 12.6. The van der Waals surface area contributed by atoms with E-state index >= 15 is 0 Å². The summed E-state index contributed by atoms with van der Waals surface area (Å²) < 4.78 is 5.22. The molecule has 1 N–H and O–H groups in total. The molecule has 1 saturated carbocycles. The number of rotatable bonds is 4. The molecule has 17 heavy (non-hydrogen) atoms. The van der Waals surface area contributed by atoms with Crippen LogP contribution in [0.4, 0.5) is 5.69 Å². The van der Waals surface area contributed by atoms with Gasteiger partial charge in [-0.1, -0.05) is 24.4 Å². The van der Waals surface area contributed by atoms with Gasteiger partial charge in [-0.2, -0.15) is 0 Å². The minimum absolute atomic E-state index is 0.517. The normalized spacial score (nSPS) is 18.1. The molecule has 1 unspecified atom stereocenters. The average molecular weight is 254 g/mol. The van der Waals surface area contributed by atoms with Gasteiger partial charge in [0.05, 0.1) is 12.1 Å². The van der Waals surface area contributed by atoms with Crippen molar-refractivity contribution < 1.29 is 4.74 Å². The summed E-state index contributed by atoms with van der Waals surface area (Å²) in [5, 5.41) is 4.21. The summed E-state index contributed by atoms with van der Waals surface area (Å²) in [6, 6.07) is 6.37. The molecule has 1 aromatic carbocycles. The van der Waals surface area contributed by atoms with Gasteiger partial charge in [-0.15, -0.1) is 0 Å². The smallest absolute Gasteiger partial charge is 0.139 e. The van der Waals surface area contributed by atoms with E-state index in [2.05, 4.69) is 12.2 Å². The summed E-state index contributed by atoms with van der Waals surface area (Å²) in [7, 11) is 1.64. The van der Waals surface area contributed by atoms with Gasteiger partial charge in [0.25, 0.3) is 0 Å². The minimum Gasteiger partial charge on any atom is -0.495 e. The minimum atomic E-state index is 0.517. The van der Waals surface area contributed by atoms with Crippen molar-refractivity contribution in [3.05, 3.63) is 23.2 Å². The molecule has 94 valence electrons. The molecular weight excluding hydrogens is 234 g/mol. The van der Waals surface area contributed by atoms with Gasteiger partial charge in [0, 0.05) is 17.8 Å². The van der Waals surface area contributed by atoms with Crippen molar-refractivity contribution in [3.8, 4) is 5.75 Å². The maximum atomic E-state index is 6.01. The number of benzene rings is 1. The zero-order valence-corrected chi connectivity index (χ0v) is 11.3. The van der Waals surface area contributed by atoms with Crippen LogP contribution in [0.2, 0.25) is 5.02 Å². The van der Waals surface area contributed by atoms with E-state index in [4.69, 9.17) is 16.3 Å². The molecule has 1 aliphatic rings. The van der Waals surface area contributed by atoms with E-state index in [9.17, 15) is 0 Å². The van der Waals surface area contributed by atoms with E-state index in [0.717, 1.165) is 17.4 Å². The zero-order valence-electron chi connectivity index (χ0n) is 10.5. The Morgan fingerprint density at radius 1 is 1.35 bits per heavy atom. The van der Waals surface area contributed by atoms with Crippen molar-refractivity contribution >= 4 is 17.3 Å². The third kappa shape index (κ3) is 3.06. The second-order valence-corrected chi connectivity index (χ2v) is 5.23. The van der Waals surface area contributed by atoms with Crippen LogP contribution in [0.1, 0.15) is 32.6 Å². The highest BCUT2D eigenvalue weighted by Gasteiger charge is 2.21. The highest BCUT2D eigenvalue weighted by molar-refractivity contribution is 6.32. The molecule has 1 fully saturated rings. The van der Waals surface area contributed by atoms with Crippen LogP contribution in [0.3, 0.4) is 0 Å². The predicted molar refractivity (Wildman–Crippen MR) is 73.0 cm³/mol. The second kappa shape index (κ2) is 5.63. The lowest BCUT2D eigenvalue weighted by atomic mass is 9.99. The van der Waals surface area contributed by atoms with Gasteiger partial charge in [-0.05, 0) is 37.8 Å². The maximum absolute atomic E-state index is 6.01.